The minimum absolute atomic E-state index is 0. The summed E-state index contributed by atoms with van der Waals surface area (Å²) in [5, 5.41) is 39.2. The van der Waals surface area contributed by atoms with E-state index in [2.05, 4.69) is 48.5 Å². The fourth-order valence-electron chi connectivity index (χ4n) is 11.4. The van der Waals surface area contributed by atoms with Gasteiger partial charge in [0.2, 0.25) is 0 Å². The molecule has 4 N–H and O–H groups in total. The number of rotatable bonds is 28. The van der Waals surface area contributed by atoms with Gasteiger partial charge in [-0.25, -0.2) is 4.39 Å². The van der Waals surface area contributed by atoms with Crippen LogP contribution in [0.4, 0.5) is 4.39 Å². The molecule has 7 saturated heterocycles. The molecule has 24 atom stereocenters. The summed E-state index contributed by atoms with van der Waals surface area (Å²) in [6, 6.07) is -0.182. The van der Waals surface area contributed by atoms with Gasteiger partial charge in [0, 0.05) is 118 Å². The zero-order valence-electron chi connectivity index (χ0n) is 53.4. The van der Waals surface area contributed by atoms with Crippen LogP contribution in [0.25, 0.3) is 0 Å². The standard InChI is InChI=1S/C16H31O7P.C15H28B2O6P.C15H28FO7P.C10H20O2.2Y/c1-5-12-8-13(17)16(22-12)9-20-24(18,19)23-15-7-11(4)21-14(15)6-10(2)3;1-4-10-6-11(18)14(21-10)8-20-24(19)23-13-7-15(17-16)22-12(13)5-9(2)3;1-9(2)4-13-14(6-11(7-16)22-13)23-24(18,19)20-8-15-12(17)5-10(3)21-15;1-4-8-6-9(11)10(12-8)5-7(2)3;;/h10-17H,5-9H2,1-4H3,(H,18,19);9-15,18,24H,4-8H2,1-3H3;9-15,17H,4-8H2,1-3H3,(H,18,19);7-11H,4-6H2,1-3H3;;/p-2/t11-,12-,13-,14+,15-,16+;10-,11-,12+,13-,14+,15+;10-,11+,12-,13+,14-,15+;8-,9-,10+;;/m0000../s1. The van der Waals surface area contributed by atoms with E-state index in [-0.39, 0.29) is 159 Å². The molecule has 3 unspecified atom stereocenters. The molecule has 497 valence electrons. The van der Waals surface area contributed by atoms with Crippen molar-refractivity contribution in [3.05, 3.63) is 0 Å². The normalized spacial score (nSPS) is 37.7. The predicted octanol–water partition coefficient (Wildman–Crippen LogP) is 7.19. The first-order valence-electron chi connectivity index (χ1n) is 31.0. The molecule has 7 rings (SSSR count). The molecule has 86 heavy (non-hydrogen) atoms. The van der Waals surface area contributed by atoms with Crippen LogP contribution in [0.3, 0.4) is 0 Å². The molecular weight excluding hydrogens is 1340 g/mol. The van der Waals surface area contributed by atoms with Crippen LogP contribution in [0.1, 0.15) is 180 Å². The Morgan fingerprint density at radius 2 is 0.884 bits per heavy atom. The third kappa shape index (κ3) is 30.5. The average Bonchev–Trinajstić information content (AvgIpc) is 4.35. The Hall–Kier alpha value is 2.20. The van der Waals surface area contributed by atoms with Crippen molar-refractivity contribution in [2.45, 2.75) is 308 Å². The molecule has 7 fully saturated rings. The minimum atomic E-state index is -4.60. The van der Waals surface area contributed by atoms with E-state index in [4.69, 9.17) is 68.0 Å². The average molecular weight is 1440 g/mol. The van der Waals surface area contributed by atoms with Crippen LogP contribution in [0.5, 0.6) is 0 Å². The summed E-state index contributed by atoms with van der Waals surface area (Å²) in [5.41, 5.74) is 0. The molecule has 0 aromatic carbocycles. The van der Waals surface area contributed by atoms with Crippen LogP contribution in [-0.4, -0.2) is 190 Å². The van der Waals surface area contributed by atoms with Crippen molar-refractivity contribution in [2.75, 3.05) is 26.5 Å². The van der Waals surface area contributed by atoms with E-state index < -0.39 is 91.6 Å². The zero-order chi connectivity index (χ0) is 62.6. The maximum Gasteiger partial charge on any atom is 0.319 e. The third-order valence-electron chi connectivity index (χ3n) is 15.7. The molecule has 0 aliphatic carbocycles. The molecule has 30 heteroatoms. The van der Waals surface area contributed by atoms with Crippen molar-refractivity contribution in [2.24, 2.45) is 23.7 Å². The molecule has 7 heterocycles. The molecule has 0 spiro atoms. The van der Waals surface area contributed by atoms with Crippen molar-refractivity contribution in [1.82, 2.24) is 0 Å². The number of aliphatic hydroxyl groups excluding tert-OH is 4. The summed E-state index contributed by atoms with van der Waals surface area (Å²) < 4.78 is 120. The largest absolute Gasteiger partial charge is 0.756 e. The summed E-state index contributed by atoms with van der Waals surface area (Å²) in [6.45, 7) is 25.2. The van der Waals surface area contributed by atoms with Crippen molar-refractivity contribution in [1.29, 1.82) is 0 Å². The van der Waals surface area contributed by atoms with Crippen molar-refractivity contribution in [3.8, 4) is 0 Å². The molecule has 7 aliphatic rings. The molecule has 0 saturated carbocycles. The minimum Gasteiger partial charge on any atom is -0.756 e. The number of ether oxygens (including phenoxy) is 7. The Labute approximate surface area is 566 Å². The van der Waals surface area contributed by atoms with Gasteiger partial charge >= 0.3 is 8.25 Å². The Kier molecular flexibility index (Phi) is 41.2. The van der Waals surface area contributed by atoms with Gasteiger partial charge in [0.1, 0.15) is 25.0 Å². The van der Waals surface area contributed by atoms with Crippen LogP contribution in [0.15, 0.2) is 0 Å². The van der Waals surface area contributed by atoms with Crippen LogP contribution in [0.2, 0.25) is 0 Å². The summed E-state index contributed by atoms with van der Waals surface area (Å²) in [4.78, 5) is 24.2. The van der Waals surface area contributed by atoms with Crippen LogP contribution in [-0.2, 0) is 139 Å². The fourth-order valence-corrected chi connectivity index (χ4v) is 14.1. The number of phosphoric ester groups is 2. The molecule has 0 amide bonds. The van der Waals surface area contributed by atoms with Gasteiger partial charge in [0.25, 0.3) is 15.6 Å². The van der Waals surface area contributed by atoms with Gasteiger partial charge in [-0.05, 0) is 88.9 Å². The molecule has 0 bridgehead atoms. The van der Waals surface area contributed by atoms with Gasteiger partial charge in [-0.15, -0.1) is 0 Å². The number of halogens is 1. The van der Waals surface area contributed by atoms with E-state index in [0.717, 1.165) is 44.9 Å². The summed E-state index contributed by atoms with van der Waals surface area (Å²) in [6.07, 6.45) is 2.40. The number of hydrogen-bond acceptors (Lipinski definition) is 22. The molecule has 0 aromatic rings. The van der Waals surface area contributed by atoms with Gasteiger partial charge in [0.05, 0.1) is 131 Å². The number of aliphatic hydroxyl groups is 4. The molecular formula is C56H105B2FO22P3Y2-2. The second kappa shape index (κ2) is 42.0. The van der Waals surface area contributed by atoms with E-state index in [0.29, 0.717) is 62.4 Å². The molecule has 22 nitrogen and oxygen atoms in total. The predicted molar refractivity (Wildman–Crippen MR) is 311 cm³/mol. The number of hydrogen-bond donors (Lipinski definition) is 4. The van der Waals surface area contributed by atoms with Crippen molar-refractivity contribution < 1.29 is 174 Å². The number of alkyl halides is 1. The van der Waals surface area contributed by atoms with Crippen LogP contribution >= 0.6 is 23.9 Å². The maximum absolute atomic E-state index is 12.8. The SMILES string of the molecule is CC(C)C[C@H]1O[C@@H](CF)C[C@@H]1OP(=O)([O-])OC[C@H]1O[C@@H](C)C[C@@H]1O.CC[C@H]1C[C@H](O)[C@@H](CC(C)C)O1.CC[C@H]1C[C@H](O)[C@@H](COP(=O)([O-])O[C@H]2C[C@H](C)O[C@@H]2CC(C)C)O1.[B][B][C@H]1C[C@H](O[PH](=O)OC[C@H]2O[C@@H](CC)C[C@@H]2O)[C@@H](CC(C)C)O1.[Y].[Y]. The van der Waals surface area contributed by atoms with Gasteiger partial charge in [0.15, 0.2) is 0 Å². The Balaban J connectivity index is 0.000000398. The zero-order valence-corrected chi connectivity index (χ0v) is 61.8. The topological polar surface area (TPSA) is 298 Å². The van der Waals surface area contributed by atoms with Crippen LogP contribution < -0.4 is 9.79 Å². The Morgan fingerprint density at radius 1 is 0.523 bits per heavy atom. The monoisotopic (exact) mass is 1440 g/mol. The van der Waals surface area contributed by atoms with Gasteiger partial charge in [-0.3, -0.25) is 13.7 Å². The molecule has 5 radical (unpaired) electrons. The van der Waals surface area contributed by atoms with Crippen molar-refractivity contribution >= 4 is 38.8 Å². The summed E-state index contributed by atoms with van der Waals surface area (Å²) >= 11 is 0. The smallest absolute Gasteiger partial charge is 0.319 e. The van der Waals surface area contributed by atoms with E-state index in [9.17, 15) is 48.3 Å². The first-order chi connectivity index (χ1) is 39.4. The quantitative estimate of drug-likeness (QED) is 0.0445. The Bertz CT molecular complexity index is 1970. The van der Waals surface area contributed by atoms with Gasteiger partial charge in [-0.1, -0.05) is 76.2 Å². The van der Waals surface area contributed by atoms with Crippen molar-refractivity contribution in [3.63, 3.8) is 0 Å². The summed E-state index contributed by atoms with van der Waals surface area (Å²) in [7, 11) is -4.71. The van der Waals surface area contributed by atoms with Gasteiger partial charge < -0.3 is 90.5 Å². The van der Waals surface area contributed by atoms with Crippen LogP contribution in [0, 0.1) is 23.7 Å². The van der Waals surface area contributed by atoms with Gasteiger partial charge in [-0.2, -0.15) is 0 Å². The molecule has 7 aliphatic heterocycles. The number of phosphoric acid groups is 2. The Morgan fingerprint density at radius 3 is 1.30 bits per heavy atom. The maximum atomic E-state index is 12.8. The van der Waals surface area contributed by atoms with E-state index in [1.54, 1.807) is 6.92 Å². The summed E-state index contributed by atoms with van der Waals surface area (Å²) in [5.74, 6) is 1.69. The second-order valence-corrected chi connectivity index (χ2v) is 29.1. The fraction of sp³-hybridized carbons (Fsp3) is 1.00. The third-order valence-corrected chi connectivity index (χ3v) is 18.6. The first kappa shape index (κ1) is 84.3. The van der Waals surface area contributed by atoms with E-state index >= 15 is 0 Å². The molecule has 0 aromatic heterocycles. The van der Waals surface area contributed by atoms with E-state index in [1.807, 2.05) is 34.6 Å². The first-order valence-corrected chi connectivity index (χ1v) is 35.1. The van der Waals surface area contributed by atoms with E-state index in [1.165, 1.54) is 7.17 Å². The second-order valence-electron chi connectivity index (χ2n) is 25.4.